The fourth-order valence-electron chi connectivity index (χ4n) is 4.99. The van der Waals surface area contributed by atoms with Crippen LogP contribution in [0, 0.1) is 5.92 Å². The lowest BCUT2D eigenvalue weighted by molar-refractivity contribution is -0.127. The van der Waals surface area contributed by atoms with Gasteiger partial charge in [-0.15, -0.1) is 0 Å². The van der Waals surface area contributed by atoms with Crippen molar-refractivity contribution < 1.29 is 14.3 Å². The van der Waals surface area contributed by atoms with Crippen molar-refractivity contribution in [2.45, 2.75) is 69.8 Å². The van der Waals surface area contributed by atoms with Crippen molar-refractivity contribution in [3.05, 3.63) is 59.7 Å². The molecule has 166 valence electrons. The molecule has 0 spiro atoms. The minimum absolute atomic E-state index is 0.0934. The van der Waals surface area contributed by atoms with Crippen molar-refractivity contribution in [1.29, 1.82) is 0 Å². The number of rotatable bonds is 9. The van der Waals surface area contributed by atoms with Gasteiger partial charge in [0.15, 0.2) is 11.5 Å². The molecule has 1 saturated heterocycles. The summed E-state index contributed by atoms with van der Waals surface area (Å²) in [4.78, 5) is 12.5. The first-order chi connectivity index (χ1) is 15.2. The molecule has 1 heterocycles. The van der Waals surface area contributed by atoms with Gasteiger partial charge in [-0.05, 0) is 74.6 Å². The maximum atomic E-state index is 12.5. The number of ether oxygens (including phenoxy) is 2. The summed E-state index contributed by atoms with van der Waals surface area (Å²) in [6.45, 7) is 0.703. The van der Waals surface area contributed by atoms with Crippen LogP contribution in [-0.2, 0) is 11.2 Å². The van der Waals surface area contributed by atoms with E-state index in [1.165, 1.54) is 24.0 Å². The highest BCUT2D eigenvalue weighted by molar-refractivity contribution is 5.79. The molecule has 2 aromatic carbocycles. The smallest absolute Gasteiger partial charge is 0.223 e. The molecular formula is C27H35NO3. The molecule has 4 nitrogen and oxygen atoms in total. The predicted molar refractivity (Wildman–Crippen MR) is 124 cm³/mol. The fourth-order valence-corrected chi connectivity index (χ4v) is 4.99. The number of carbonyl (C=O) groups excluding carboxylic acids is 1. The molecule has 0 radical (unpaired) electrons. The highest BCUT2D eigenvalue weighted by Gasteiger charge is 2.29. The molecule has 2 atom stereocenters. The molecule has 1 amide bonds. The number of methoxy groups -OCH3 is 1. The topological polar surface area (TPSA) is 47.6 Å². The molecule has 0 aromatic heterocycles. The number of hydrogen-bond acceptors (Lipinski definition) is 3. The third-order valence-electron chi connectivity index (χ3n) is 6.83. The lowest BCUT2D eigenvalue weighted by Gasteiger charge is -2.30. The van der Waals surface area contributed by atoms with Gasteiger partial charge < -0.3 is 14.8 Å². The van der Waals surface area contributed by atoms with Crippen LogP contribution in [0.25, 0.3) is 0 Å². The quantitative estimate of drug-likeness (QED) is 0.532. The van der Waals surface area contributed by atoms with E-state index in [-0.39, 0.29) is 11.8 Å². The Morgan fingerprint density at radius 3 is 2.58 bits per heavy atom. The van der Waals surface area contributed by atoms with Crippen LogP contribution in [0.1, 0.15) is 68.4 Å². The largest absolute Gasteiger partial charge is 0.493 e. The molecule has 0 bridgehead atoms. The molecule has 0 unspecified atom stereocenters. The highest BCUT2D eigenvalue weighted by atomic mass is 16.5. The number of nitrogens with one attached hydrogen (secondary N) is 1. The number of carbonyl (C=O) groups is 1. The van der Waals surface area contributed by atoms with Crippen LogP contribution in [0.15, 0.2) is 48.5 Å². The summed E-state index contributed by atoms with van der Waals surface area (Å²) in [7, 11) is 1.70. The maximum Gasteiger partial charge on any atom is 0.223 e. The summed E-state index contributed by atoms with van der Waals surface area (Å²) in [5.74, 6) is 2.28. The summed E-state index contributed by atoms with van der Waals surface area (Å²) < 4.78 is 11.8. The normalized spacial score (nSPS) is 21.6. The lowest BCUT2D eigenvalue weighted by atomic mass is 9.82. The van der Waals surface area contributed by atoms with Gasteiger partial charge in [0.25, 0.3) is 0 Å². The minimum atomic E-state index is 0.0934. The predicted octanol–water partition coefficient (Wildman–Crippen LogP) is 5.65. The standard InChI is InChI=1S/C27H35NO3/c1-30-25-16-15-21(18-26(25)31-24-13-7-8-14-24)23-17-22(27(29)28-19-23)12-6-5-11-20-9-3-2-4-10-20/h2-4,9-10,15-16,18,22-24H,5-8,11-14,17,19H2,1H3,(H,28,29)/t22-,23+/m0/s1. The van der Waals surface area contributed by atoms with Gasteiger partial charge in [-0.2, -0.15) is 0 Å². The zero-order valence-electron chi connectivity index (χ0n) is 18.6. The number of piperidine rings is 1. The molecule has 1 aliphatic heterocycles. The van der Waals surface area contributed by atoms with Crippen LogP contribution in [0.2, 0.25) is 0 Å². The summed E-state index contributed by atoms with van der Waals surface area (Å²) in [5.41, 5.74) is 2.62. The molecule has 1 aliphatic carbocycles. The summed E-state index contributed by atoms with van der Waals surface area (Å²) in [6.07, 6.45) is 10.2. The van der Waals surface area contributed by atoms with E-state index in [9.17, 15) is 4.79 Å². The van der Waals surface area contributed by atoms with Crippen LogP contribution < -0.4 is 14.8 Å². The number of unbranched alkanes of at least 4 members (excludes halogenated alkanes) is 1. The molecule has 1 N–H and O–H groups in total. The average Bonchev–Trinajstić information content (AvgIpc) is 3.31. The number of benzene rings is 2. The van der Waals surface area contributed by atoms with E-state index in [1.807, 2.05) is 6.07 Å². The molecular weight excluding hydrogens is 386 g/mol. The van der Waals surface area contributed by atoms with Crippen molar-refractivity contribution in [3.63, 3.8) is 0 Å². The fraction of sp³-hybridized carbons (Fsp3) is 0.519. The minimum Gasteiger partial charge on any atom is -0.493 e. The zero-order valence-corrected chi connectivity index (χ0v) is 18.6. The number of hydrogen-bond donors (Lipinski definition) is 1. The number of aryl methyl sites for hydroxylation is 1. The van der Waals surface area contributed by atoms with Gasteiger partial charge in [0.05, 0.1) is 13.2 Å². The van der Waals surface area contributed by atoms with Crippen LogP contribution in [0.3, 0.4) is 0 Å². The Kier molecular flexibility index (Phi) is 7.50. The van der Waals surface area contributed by atoms with E-state index < -0.39 is 0 Å². The summed E-state index contributed by atoms with van der Waals surface area (Å²) in [5, 5.41) is 3.15. The molecule has 2 aliphatic rings. The first-order valence-electron chi connectivity index (χ1n) is 11.9. The SMILES string of the molecule is COc1ccc([C@H]2CNC(=O)[C@@H](CCCCc3ccccc3)C2)cc1OC1CCCC1. The molecule has 4 heteroatoms. The van der Waals surface area contributed by atoms with E-state index in [1.54, 1.807) is 7.11 Å². The van der Waals surface area contributed by atoms with E-state index in [4.69, 9.17) is 9.47 Å². The molecule has 4 rings (SSSR count). The van der Waals surface area contributed by atoms with Gasteiger partial charge in [-0.25, -0.2) is 0 Å². The van der Waals surface area contributed by atoms with Crippen molar-refractivity contribution in [2.24, 2.45) is 5.92 Å². The first kappa shape index (κ1) is 21.7. The maximum absolute atomic E-state index is 12.5. The Balaban J connectivity index is 1.35. The van der Waals surface area contributed by atoms with E-state index in [0.29, 0.717) is 18.6 Å². The first-order valence-corrected chi connectivity index (χ1v) is 11.9. The Hall–Kier alpha value is -2.49. The highest BCUT2D eigenvalue weighted by Crippen LogP contribution is 2.37. The van der Waals surface area contributed by atoms with Crippen molar-refractivity contribution in [1.82, 2.24) is 5.32 Å². The second kappa shape index (κ2) is 10.7. The van der Waals surface area contributed by atoms with E-state index in [2.05, 4.69) is 47.8 Å². The van der Waals surface area contributed by atoms with Gasteiger partial charge in [0.2, 0.25) is 5.91 Å². The van der Waals surface area contributed by atoms with Crippen LogP contribution in [-0.4, -0.2) is 25.7 Å². The van der Waals surface area contributed by atoms with Crippen LogP contribution in [0.4, 0.5) is 0 Å². The van der Waals surface area contributed by atoms with Gasteiger partial charge in [0.1, 0.15) is 0 Å². The average molecular weight is 422 g/mol. The molecule has 2 fully saturated rings. The van der Waals surface area contributed by atoms with Crippen molar-refractivity contribution in [2.75, 3.05) is 13.7 Å². The number of amides is 1. The Morgan fingerprint density at radius 2 is 1.81 bits per heavy atom. The van der Waals surface area contributed by atoms with E-state index >= 15 is 0 Å². The zero-order chi connectivity index (χ0) is 21.5. The second-order valence-corrected chi connectivity index (χ2v) is 9.04. The monoisotopic (exact) mass is 421 g/mol. The lowest BCUT2D eigenvalue weighted by Crippen LogP contribution is -2.40. The second-order valence-electron chi connectivity index (χ2n) is 9.04. The van der Waals surface area contributed by atoms with Crippen LogP contribution >= 0.6 is 0 Å². The Labute approximate surface area is 186 Å². The summed E-state index contributed by atoms with van der Waals surface area (Å²) >= 11 is 0. The third kappa shape index (κ3) is 5.81. The molecule has 1 saturated carbocycles. The van der Waals surface area contributed by atoms with Gasteiger partial charge in [-0.3, -0.25) is 4.79 Å². The Bertz CT molecular complexity index is 845. The van der Waals surface area contributed by atoms with Crippen molar-refractivity contribution >= 4 is 5.91 Å². The summed E-state index contributed by atoms with van der Waals surface area (Å²) in [6, 6.07) is 16.9. The Morgan fingerprint density at radius 1 is 1.00 bits per heavy atom. The molecule has 31 heavy (non-hydrogen) atoms. The van der Waals surface area contributed by atoms with E-state index in [0.717, 1.165) is 56.4 Å². The van der Waals surface area contributed by atoms with Gasteiger partial charge in [0, 0.05) is 18.4 Å². The van der Waals surface area contributed by atoms with Gasteiger partial charge in [-0.1, -0.05) is 42.8 Å². The van der Waals surface area contributed by atoms with Crippen molar-refractivity contribution in [3.8, 4) is 11.5 Å². The van der Waals surface area contributed by atoms with Gasteiger partial charge >= 0.3 is 0 Å². The van der Waals surface area contributed by atoms with Crippen LogP contribution in [0.5, 0.6) is 11.5 Å². The molecule has 2 aromatic rings. The third-order valence-corrected chi connectivity index (χ3v) is 6.83.